The van der Waals surface area contributed by atoms with Crippen molar-refractivity contribution in [3.8, 4) is 11.5 Å². The molecule has 0 atom stereocenters. The number of nitrogens with zero attached hydrogens (tertiary/aromatic N) is 1. The van der Waals surface area contributed by atoms with Gasteiger partial charge in [-0.25, -0.2) is 0 Å². The molecular formula is C21H17F3N2O3. The molecule has 5 nitrogen and oxygen atoms in total. The smallest absolute Gasteiger partial charge is 0.416 e. The van der Waals surface area contributed by atoms with Crippen LogP contribution in [0, 0.1) is 17.0 Å². The second kappa shape index (κ2) is 8.22. The Morgan fingerprint density at radius 2 is 1.76 bits per heavy atom. The molecule has 0 spiro atoms. The van der Waals surface area contributed by atoms with Crippen molar-refractivity contribution in [3.63, 3.8) is 0 Å². The SMILES string of the molecule is Cc1cccc(NCc2ccccc2Oc2ccc(C(F)(F)F)cc2[N+](=O)[O-])c1. The van der Waals surface area contributed by atoms with E-state index in [1.54, 1.807) is 24.3 Å². The van der Waals surface area contributed by atoms with E-state index in [0.717, 1.165) is 23.4 Å². The lowest BCUT2D eigenvalue weighted by atomic mass is 10.1. The molecule has 0 heterocycles. The summed E-state index contributed by atoms with van der Waals surface area (Å²) < 4.78 is 44.2. The van der Waals surface area contributed by atoms with Crippen LogP contribution in [0.15, 0.2) is 66.7 Å². The molecule has 0 aliphatic rings. The predicted octanol–water partition coefficient (Wildman–Crippen LogP) is 6.33. The molecule has 1 N–H and O–H groups in total. The van der Waals surface area contributed by atoms with E-state index in [4.69, 9.17) is 4.74 Å². The minimum Gasteiger partial charge on any atom is -0.450 e. The number of ether oxygens (including phenoxy) is 1. The van der Waals surface area contributed by atoms with Crippen molar-refractivity contribution in [2.75, 3.05) is 5.32 Å². The Kier molecular flexibility index (Phi) is 5.72. The Balaban J connectivity index is 1.86. The maximum atomic E-state index is 12.9. The fraction of sp³-hybridized carbons (Fsp3) is 0.143. The third-order valence-corrected chi connectivity index (χ3v) is 4.18. The highest BCUT2D eigenvalue weighted by Crippen LogP contribution is 2.38. The molecule has 0 radical (unpaired) electrons. The van der Waals surface area contributed by atoms with E-state index in [-0.39, 0.29) is 5.75 Å². The first-order chi connectivity index (χ1) is 13.7. The number of rotatable bonds is 6. The van der Waals surface area contributed by atoms with Crippen LogP contribution in [0.5, 0.6) is 11.5 Å². The third-order valence-electron chi connectivity index (χ3n) is 4.18. The van der Waals surface area contributed by atoms with Crippen LogP contribution in [-0.2, 0) is 12.7 Å². The van der Waals surface area contributed by atoms with E-state index in [1.165, 1.54) is 0 Å². The molecule has 0 aromatic heterocycles. The van der Waals surface area contributed by atoms with Crippen LogP contribution >= 0.6 is 0 Å². The van der Waals surface area contributed by atoms with Gasteiger partial charge in [-0.1, -0.05) is 30.3 Å². The van der Waals surface area contributed by atoms with Gasteiger partial charge in [0.05, 0.1) is 10.5 Å². The largest absolute Gasteiger partial charge is 0.450 e. The number of nitrogens with one attached hydrogen (secondary N) is 1. The number of nitro benzene ring substituents is 1. The second-order valence-electron chi connectivity index (χ2n) is 6.37. The Hall–Kier alpha value is -3.55. The average molecular weight is 402 g/mol. The number of hydrogen-bond acceptors (Lipinski definition) is 4. The molecule has 0 bridgehead atoms. The van der Waals surface area contributed by atoms with Crippen molar-refractivity contribution in [2.24, 2.45) is 0 Å². The number of aryl methyl sites for hydroxylation is 1. The van der Waals surface area contributed by atoms with Gasteiger partial charge in [0.25, 0.3) is 0 Å². The summed E-state index contributed by atoms with van der Waals surface area (Å²) in [5, 5.41) is 14.5. The molecule has 0 saturated heterocycles. The highest BCUT2D eigenvalue weighted by Gasteiger charge is 2.33. The standard InChI is InChI=1S/C21H17F3N2O3/c1-14-5-4-7-17(11-14)25-13-15-6-2-3-8-19(15)29-20-10-9-16(21(22,23)24)12-18(20)26(27)28/h2-12,25H,13H2,1H3. The summed E-state index contributed by atoms with van der Waals surface area (Å²) >= 11 is 0. The van der Waals surface area contributed by atoms with Gasteiger partial charge in [0.2, 0.25) is 5.75 Å². The van der Waals surface area contributed by atoms with Gasteiger partial charge in [0, 0.05) is 23.9 Å². The lowest BCUT2D eigenvalue weighted by molar-refractivity contribution is -0.385. The number of alkyl halides is 3. The lowest BCUT2D eigenvalue weighted by Crippen LogP contribution is -2.06. The summed E-state index contributed by atoms with van der Waals surface area (Å²) in [5.41, 5.74) is 0.815. The van der Waals surface area contributed by atoms with Crippen LogP contribution in [-0.4, -0.2) is 4.92 Å². The molecule has 29 heavy (non-hydrogen) atoms. The summed E-state index contributed by atoms with van der Waals surface area (Å²) in [7, 11) is 0. The van der Waals surface area contributed by atoms with Gasteiger partial charge in [-0.2, -0.15) is 13.2 Å². The first kappa shape index (κ1) is 20.2. The van der Waals surface area contributed by atoms with Crippen LogP contribution in [0.25, 0.3) is 0 Å². The number of hydrogen-bond donors (Lipinski definition) is 1. The third kappa shape index (κ3) is 5.04. The van der Waals surface area contributed by atoms with E-state index < -0.39 is 22.4 Å². The average Bonchev–Trinajstić information content (AvgIpc) is 2.66. The number of para-hydroxylation sites is 1. The van der Waals surface area contributed by atoms with Crippen molar-refractivity contribution in [2.45, 2.75) is 19.6 Å². The van der Waals surface area contributed by atoms with Crippen LogP contribution in [0.3, 0.4) is 0 Å². The first-order valence-electron chi connectivity index (χ1n) is 8.66. The molecule has 0 unspecified atom stereocenters. The predicted molar refractivity (Wildman–Crippen MR) is 103 cm³/mol. The molecular weight excluding hydrogens is 385 g/mol. The number of nitro groups is 1. The molecule has 0 aliphatic carbocycles. The molecule has 3 aromatic rings. The van der Waals surface area contributed by atoms with Crippen molar-refractivity contribution in [3.05, 3.63) is 93.5 Å². The zero-order valence-corrected chi connectivity index (χ0v) is 15.4. The van der Waals surface area contributed by atoms with Gasteiger partial charge in [0.15, 0.2) is 0 Å². The molecule has 3 aromatic carbocycles. The van der Waals surface area contributed by atoms with Gasteiger partial charge in [-0.05, 0) is 42.8 Å². The van der Waals surface area contributed by atoms with Crippen molar-refractivity contribution >= 4 is 11.4 Å². The number of benzene rings is 3. The Morgan fingerprint density at radius 1 is 1.00 bits per heavy atom. The maximum Gasteiger partial charge on any atom is 0.416 e. The topological polar surface area (TPSA) is 64.4 Å². The van der Waals surface area contributed by atoms with Crippen molar-refractivity contribution < 1.29 is 22.8 Å². The summed E-state index contributed by atoms with van der Waals surface area (Å²) in [6.07, 6.45) is -4.68. The molecule has 0 fully saturated rings. The Labute approximate surface area is 164 Å². The van der Waals surface area contributed by atoms with E-state index in [1.807, 2.05) is 31.2 Å². The van der Waals surface area contributed by atoms with Crippen LogP contribution in [0.4, 0.5) is 24.5 Å². The van der Waals surface area contributed by atoms with E-state index in [9.17, 15) is 23.3 Å². The second-order valence-corrected chi connectivity index (χ2v) is 6.37. The molecule has 0 aliphatic heterocycles. The van der Waals surface area contributed by atoms with E-state index in [2.05, 4.69) is 5.32 Å². The Morgan fingerprint density at radius 3 is 2.45 bits per heavy atom. The summed E-state index contributed by atoms with van der Waals surface area (Å²) in [6, 6.07) is 16.8. The molecule has 150 valence electrons. The van der Waals surface area contributed by atoms with Crippen LogP contribution in [0.1, 0.15) is 16.7 Å². The van der Waals surface area contributed by atoms with Gasteiger partial charge in [-0.15, -0.1) is 0 Å². The van der Waals surface area contributed by atoms with Crippen molar-refractivity contribution in [1.82, 2.24) is 0 Å². The Bertz CT molecular complexity index is 1040. The van der Waals surface area contributed by atoms with E-state index in [0.29, 0.717) is 23.9 Å². The van der Waals surface area contributed by atoms with Crippen LogP contribution in [0.2, 0.25) is 0 Å². The zero-order valence-electron chi connectivity index (χ0n) is 15.4. The first-order valence-corrected chi connectivity index (χ1v) is 8.66. The van der Waals surface area contributed by atoms with Gasteiger partial charge >= 0.3 is 11.9 Å². The zero-order chi connectivity index (χ0) is 21.0. The van der Waals surface area contributed by atoms with E-state index >= 15 is 0 Å². The van der Waals surface area contributed by atoms with Gasteiger partial charge in [-0.3, -0.25) is 10.1 Å². The van der Waals surface area contributed by atoms with Gasteiger partial charge in [0.1, 0.15) is 5.75 Å². The normalized spacial score (nSPS) is 11.2. The minimum absolute atomic E-state index is 0.258. The summed E-state index contributed by atoms with van der Waals surface area (Å²) in [6.45, 7) is 2.33. The quantitative estimate of drug-likeness (QED) is 0.387. The van der Waals surface area contributed by atoms with Gasteiger partial charge < -0.3 is 10.1 Å². The van der Waals surface area contributed by atoms with Crippen molar-refractivity contribution in [1.29, 1.82) is 0 Å². The summed E-state index contributed by atoms with van der Waals surface area (Å²) in [5.74, 6) is 0.0570. The fourth-order valence-electron chi connectivity index (χ4n) is 2.74. The summed E-state index contributed by atoms with van der Waals surface area (Å²) in [4.78, 5) is 10.4. The van der Waals surface area contributed by atoms with Crippen LogP contribution < -0.4 is 10.1 Å². The molecule has 0 amide bonds. The molecule has 3 rings (SSSR count). The maximum absolute atomic E-state index is 12.9. The molecule has 8 heteroatoms. The monoisotopic (exact) mass is 402 g/mol. The highest BCUT2D eigenvalue weighted by atomic mass is 19.4. The number of halogens is 3. The number of anilines is 1. The minimum atomic E-state index is -4.68. The highest BCUT2D eigenvalue weighted by molar-refractivity contribution is 5.53. The fourth-order valence-corrected chi connectivity index (χ4v) is 2.74. The lowest BCUT2D eigenvalue weighted by Gasteiger charge is -2.14. The molecule has 0 saturated carbocycles.